The second-order valence-electron chi connectivity index (χ2n) is 6.15. The average Bonchev–Trinajstić information content (AvgIpc) is 2.46. The van der Waals surface area contributed by atoms with Crippen LogP contribution in [0.2, 0.25) is 0 Å². The van der Waals surface area contributed by atoms with E-state index in [4.69, 9.17) is 4.74 Å². The molecule has 2 fully saturated rings. The fourth-order valence-electron chi connectivity index (χ4n) is 3.26. The summed E-state index contributed by atoms with van der Waals surface area (Å²) >= 11 is 0. The molecule has 0 aromatic heterocycles. The Morgan fingerprint density at radius 3 is 2.67 bits per heavy atom. The normalized spacial score (nSPS) is 23.7. The van der Waals surface area contributed by atoms with E-state index >= 15 is 0 Å². The van der Waals surface area contributed by atoms with Crippen LogP contribution in [-0.4, -0.2) is 49.5 Å². The molecule has 1 aromatic carbocycles. The van der Waals surface area contributed by atoms with Gasteiger partial charge in [0.25, 0.3) is 0 Å². The van der Waals surface area contributed by atoms with Gasteiger partial charge in [0.1, 0.15) is 5.75 Å². The molecule has 0 radical (unpaired) electrons. The summed E-state index contributed by atoms with van der Waals surface area (Å²) in [5.74, 6) is 1.55. The number of ether oxygens (including phenoxy) is 1. The number of nitrogens with zero attached hydrogens (tertiary/aromatic N) is 2. The summed E-state index contributed by atoms with van der Waals surface area (Å²) in [7, 11) is 3.83. The maximum absolute atomic E-state index is 12.5. The van der Waals surface area contributed by atoms with E-state index in [0.717, 1.165) is 38.2 Å². The second-order valence-corrected chi connectivity index (χ2v) is 6.15. The van der Waals surface area contributed by atoms with Crippen LogP contribution < -0.4 is 4.74 Å². The van der Waals surface area contributed by atoms with Crippen molar-refractivity contribution >= 4 is 5.91 Å². The maximum atomic E-state index is 12.5. The van der Waals surface area contributed by atoms with Gasteiger partial charge in [0.05, 0.1) is 13.2 Å². The highest BCUT2D eigenvalue weighted by atomic mass is 16.5. The van der Waals surface area contributed by atoms with Crippen molar-refractivity contribution < 1.29 is 9.53 Å². The summed E-state index contributed by atoms with van der Waals surface area (Å²) in [6.07, 6.45) is 3.36. The molecule has 1 saturated carbocycles. The first-order valence-corrected chi connectivity index (χ1v) is 7.82. The van der Waals surface area contributed by atoms with Gasteiger partial charge in [-0.1, -0.05) is 24.6 Å². The van der Waals surface area contributed by atoms with Crippen molar-refractivity contribution in [2.45, 2.75) is 25.3 Å². The molecule has 2 aliphatic rings. The van der Waals surface area contributed by atoms with Crippen LogP contribution in [0.25, 0.3) is 0 Å². The number of rotatable bonds is 3. The fourth-order valence-corrected chi connectivity index (χ4v) is 3.26. The lowest BCUT2D eigenvalue weighted by atomic mass is 9.84. The zero-order chi connectivity index (χ0) is 14.8. The number of likely N-dealkylation sites (N-methyl/N-ethyl adjacent to an activating group) is 1. The predicted octanol–water partition coefficient (Wildman–Crippen LogP) is 2.31. The van der Waals surface area contributed by atoms with Crippen molar-refractivity contribution in [2.75, 3.05) is 33.8 Å². The van der Waals surface area contributed by atoms with E-state index in [2.05, 4.69) is 22.9 Å². The summed E-state index contributed by atoms with van der Waals surface area (Å²) < 4.78 is 5.49. The molecule has 114 valence electrons. The highest BCUT2D eigenvalue weighted by Crippen LogP contribution is 2.34. The Bertz CT molecular complexity index is 513. The monoisotopic (exact) mass is 288 g/mol. The molecular weight excluding hydrogens is 264 g/mol. The van der Waals surface area contributed by atoms with Gasteiger partial charge in [0.2, 0.25) is 5.91 Å². The molecule has 1 atom stereocenters. The third kappa shape index (κ3) is 2.77. The fraction of sp³-hybridized carbons (Fsp3) is 0.588. The van der Waals surface area contributed by atoms with E-state index in [1.54, 1.807) is 7.11 Å². The van der Waals surface area contributed by atoms with Crippen LogP contribution in [0.1, 0.15) is 30.9 Å². The van der Waals surface area contributed by atoms with Crippen LogP contribution in [-0.2, 0) is 4.79 Å². The standard InChI is InChI=1S/C17H24N2O2/c1-18-10-11-19(17(20)13-6-5-7-13)12-15(18)14-8-3-4-9-16(14)21-2/h3-4,8-9,13,15H,5-7,10-12H2,1-2H3. The van der Waals surface area contributed by atoms with E-state index in [9.17, 15) is 4.79 Å². The Labute approximate surface area is 126 Å². The molecule has 0 spiro atoms. The number of carbonyl (C=O) groups is 1. The molecule has 1 aromatic rings. The van der Waals surface area contributed by atoms with E-state index in [-0.39, 0.29) is 12.0 Å². The Hall–Kier alpha value is -1.55. The average molecular weight is 288 g/mol. The van der Waals surface area contributed by atoms with Crippen LogP contribution in [0.5, 0.6) is 5.75 Å². The van der Waals surface area contributed by atoms with Crippen LogP contribution >= 0.6 is 0 Å². The highest BCUT2D eigenvalue weighted by molar-refractivity contribution is 5.79. The number of carbonyl (C=O) groups excluding carboxylic acids is 1. The Morgan fingerprint density at radius 2 is 2.00 bits per heavy atom. The van der Waals surface area contributed by atoms with Gasteiger partial charge in [0.15, 0.2) is 0 Å². The number of amides is 1. The van der Waals surface area contributed by atoms with Gasteiger partial charge in [-0.3, -0.25) is 9.69 Å². The molecule has 4 heteroatoms. The van der Waals surface area contributed by atoms with Crippen molar-refractivity contribution in [1.29, 1.82) is 0 Å². The second kappa shape index (κ2) is 6.06. The van der Waals surface area contributed by atoms with Gasteiger partial charge in [-0.15, -0.1) is 0 Å². The molecule has 1 saturated heterocycles. The largest absolute Gasteiger partial charge is 0.496 e. The maximum Gasteiger partial charge on any atom is 0.225 e. The molecule has 21 heavy (non-hydrogen) atoms. The number of methoxy groups -OCH3 is 1. The SMILES string of the molecule is COc1ccccc1C1CN(C(=O)C2CCC2)CCN1C. The van der Waals surface area contributed by atoms with Gasteiger partial charge in [0, 0.05) is 31.1 Å². The van der Waals surface area contributed by atoms with Gasteiger partial charge >= 0.3 is 0 Å². The number of para-hydroxylation sites is 1. The molecule has 3 rings (SSSR count). The molecule has 0 N–H and O–H groups in total. The summed E-state index contributed by atoms with van der Waals surface area (Å²) in [6.45, 7) is 2.53. The highest BCUT2D eigenvalue weighted by Gasteiger charge is 2.34. The smallest absolute Gasteiger partial charge is 0.225 e. The minimum absolute atomic E-state index is 0.221. The first kappa shape index (κ1) is 14.4. The van der Waals surface area contributed by atoms with Gasteiger partial charge < -0.3 is 9.64 Å². The molecule has 1 unspecified atom stereocenters. The lowest BCUT2D eigenvalue weighted by Gasteiger charge is -2.42. The molecule has 1 aliphatic carbocycles. The number of benzene rings is 1. The minimum atomic E-state index is 0.221. The Kier molecular flexibility index (Phi) is 4.15. The third-order valence-corrected chi connectivity index (χ3v) is 4.91. The van der Waals surface area contributed by atoms with Crippen molar-refractivity contribution in [3.05, 3.63) is 29.8 Å². The molecule has 1 aliphatic heterocycles. The Balaban J connectivity index is 1.78. The quantitative estimate of drug-likeness (QED) is 0.855. The lowest BCUT2D eigenvalue weighted by Crippen LogP contribution is -2.51. The van der Waals surface area contributed by atoms with Crippen LogP contribution in [0.15, 0.2) is 24.3 Å². The number of hydrogen-bond donors (Lipinski definition) is 0. The van der Waals surface area contributed by atoms with Gasteiger partial charge in [-0.2, -0.15) is 0 Å². The van der Waals surface area contributed by atoms with Gasteiger partial charge in [-0.25, -0.2) is 0 Å². The van der Waals surface area contributed by atoms with Crippen LogP contribution in [0.4, 0.5) is 0 Å². The summed E-state index contributed by atoms with van der Waals surface area (Å²) in [5.41, 5.74) is 1.17. The van der Waals surface area contributed by atoms with E-state index < -0.39 is 0 Å². The van der Waals surface area contributed by atoms with E-state index in [1.807, 2.05) is 18.2 Å². The number of hydrogen-bond acceptors (Lipinski definition) is 3. The summed E-state index contributed by atoms with van der Waals surface area (Å²) in [6, 6.07) is 8.35. The third-order valence-electron chi connectivity index (χ3n) is 4.91. The zero-order valence-corrected chi connectivity index (χ0v) is 12.9. The zero-order valence-electron chi connectivity index (χ0n) is 12.9. The summed E-state index contributed by atoms with van der Waals surface area (Å²) in [5, 5.41) is 0. The van der Waals surface area contributed by atoms with Crippen LogP contribution in [0, 0.1) is 5.92 Å². The molecule has 1 amide bonds. The first-order valence-electron chi connectivity index (χ1n) is 7.82. The minimum Gasteiger partial charge on any atom is -0.496 e. The van der Waals surface area contributed by atoms with Crippen molar-refractivity contribution in [3.8, 4) is 5.75 Å². The first-order chi connectivity index (χ1) is 10.2. The predicted molar refractivity (Wildman–Crippen MR) is 82.3 cm³/mol. The lowest BCUT2D eigenvalue weighted by molar-refractivity contribution is -0.141. The van der Waals surface area contributed by atoms with Crippen molar-refractivity contribution in [3.63, 3.8) is 0 Å². The number of piperazine rings is 1. The van der Waals surface area contributed by atoms with Crippen molar-refractivity contribution in [2.24, 2.45) is 5.92 Å². The molecule has 1 heterocycles. The summed E-state index contributed by atoms with van der Waals surface area (Å²) in [4.78, 5) is 16.9. The van der Waals surface area contributed by atoms with Gasteiger partial charge in [-0.05, 0) is 26.0 Å². The molecular formula is C17H24N2O2. The molecule has 4 nitrogen and oxygen atoms in total. The van der Waals surface area contributed by atoms with Crippen molar-refractivity contribution in [1.82, 2.24) is 9.80 Å². The Morgan fingerprint density at radius 1 is 1.24 bits per heavy atom. The van der Waals surface area contributed by atoms with E-state index in [0.29, 0.717) is 5.91 Å². The van der Waals surface area contributed by atoms with E-state index in [1.165, 1.54) is 12.0 Å². The molecule has 0 bridgehead atoms. The topological polar surface area (TPSA) is 32.8 Å². The van der Waals surface area contributed by atoms with Crippen LogP contribution in [0.3, 0.4) is 0 Å².